The lowest BCUT2D eigenvalue weighted by atomic mass is 10.2. The number of nitrogens with one attached hydrogen (secondary N) is 2. The van der Waals surface area contributed by atoms with E-state index in [-0.39, 0.29) is 11.4 Å². The van der Waals surface area contributed by atoms with Crippen molar-refractivity contribution in [2.24, 2.45) is 0 Å². The zero-order valence-corrected chi connectivity index (χ0v) is 15.5. The van der Waals surface area contributed by atoms with Gasteiger partial charge in [-0.2, -0.15) is 4.98 Å². The molecule has 1 aromatic heterocycles. The first-order chi connectivity index (χ1) is 13.6. The maximum atomic E-state index is 11.5. The summed E-state index contributed by atoms with van der Waals surface area (Å²) in [5.74, 6) is 0.671. The van der Waals surface area contributed by atoms with Crippen molar-refractivity contribution in [1.82, 2.24) is 9.97 Å². The van der Waals surface area contributed by atoms with Gasteiger partial charge >= 0.3 is 5.97 Å². The first kappa shape index (κ1) is 19.0. The van der Waals surface area contributed by atoms with Crippen molar-refractivity contribution in [3.8, 4) is 11.5 Å². The van der Waals surface area contributed by atoms with Gasteiger partial charge < -0.3 is 25.2 Å². The van der Waals surface area contributed by atoms with E-state index in [9.17, 15) is 9.90 Å². The van der Waals surface area contributed by atoms with Crippen LogP contribution >= 0.6 is 0 Å². The van der Waals surface area contributed by atoms with Crippen molar-refractivity contribution in [2.75, 3.05) is 24.9 Å². The molecule has 0 saturated heterocycles. The van der Waals surface area contributed by atoms with E-state index in [0.29, 0.717) is 24.0 Å². The fraction of sp³-hybridized carbons (Fsp3) is 0.150. The molecule has 0 atom stereocenters. The second-order valence-corrected chi connectivity index (χ2v) is 5.79. The summed E-state index contributed by atoms with van der Waals surface area (Å²) >= 11 is 0. The summed E-state index contributed by atoms with van der Waals surface area (Å²) in [7, 11) is 3.15. The molecule has 144 valence electrons. The Bertz CT molecular complexity index is 964. The molecule has 28 heavy (non-hydrogen) atoms. The van der Waals surface area contributed by atoms with Crippen LogP contribution in [0.3, 0.4) is 0 Å². The molecule has 3 aromatic rings. The molecule has 0 amide bonds. The number of carboxylic acids is 1. The fourth-order valence-electron chi connectivity index (χ4n) is 2.55. The van der Waals surface area contributed by atoms with E-state index in [1.54, 1.807) is 14.2 Å². The number of carboxylic acid groups (broad SMARTS) is 1. The van der Waals surface area contributed by atoms with Crippen LogP contribution < -0.4 is 20.1 Å². The van der Waals surface area contributed by atoms with Crippen molar-refractivity contribution in [2.45, 2.75) is 6.54 Å². The Balaban J connectivity index is 1.79. The molecule has 0 aliphatic carbocycles. The number of benzene rings is 2. The van der Waals surface area contributed by atoms with Gasteiger partial charge in [0.15, 0.2) is 17.3 Å². The molecular formula is C20H20N4O4. The molecule has 3 N–H and O–H groups in total. The molecule has 0 aliphatic heterocycles. The van der Waals surface area contributed by atoms with Gasteiger partial charge in [-0.25, -0.2) is 9.78 Å². The number of para-hydroxylation sites is 1. The molecule has 8 nitrogen and oxygen atoms in total. The second kappa shape index (κ2) is 8.72. The third kappa shape index (κ3) is 4.47. The molecule has 0 saturated carbocycles. The number of hydrogen-bond acceptors (Lipinski definition) is 7. The van der Waals surface area contributed by atoms with Gasteiger partial charge in [-0.3, -0.25) is 0 Å². The molecule has 1 heterocycles. The number of rotatable bonds is 8. The molecule has 0 aliphatic rings. The first-order valence-corrected chi connectivity index (χ1v) is 8.48. The third-order valence-electron chi connectivity index (χ3n) is 3.95. The Morgan fingerprint density at radius 1 is 1.07 bits per heavy atom. The van der Waals surface area contributed by atoms with Crippen LogP contribution in [0, 0.1) is 0 Å². The van der Waals surface area contributed by atoms with Crippen molar-refractivity contribution in [3.05, 3.63) is 65.9 Å². The number of carbonyl (C=O) groups is 1. The van der Waals surface area contributed by atoms with Gasteiger partial charge in [0.2, 0.25) is 5.95 Å². The SMILES string of the molecule is COc1ccc(CNc2ncc(C(=O)O)c(Nc3ccccc3)n2)cc1OC. The van der Waals surface area contributed by atoms with E-state index in [1.807, 2.05) is 48.5 Å². The lowest BCUT2D eigenvalue weighted by molar-refractivity contribution is 0.0697. The number of aromatic nitrogens is 2. The minimum Gasteiger partial charge on any atom is -0.493 e. The van der Waals surface area contributed by atoms with Gasteiger partial charge in [-0.05, 0) is 29.8 Å². The van der Waals surface area contributed by atoms with Crippen molar-refractivity contribution < 1.29 is 19.4 Å². The van der Waals surface area contributed by atoms with E-state index in [4.69, 9.17) is 9.47 Å². The summed E-state index contributed by atoms with van der Waals surface area (Å²) in [6.07, 6.45) is 1.28. The Hall–Kier alpha value is -3.81. The van der Waals surface area contributed by atoms with Crippen molar-refractivity contribution in [1.29, 1.82) is 0 Å². The average molecular weight is 380 g/mol. The number of ether oxygens (including phenoxy) is 2. The van der Waals surface area contributed by atoms with Crippen LogP contribution in [0.25, 0.3) is 0 Å². The van der Waals surface area contributed by atoms with Crippen LogP contribution in [0.2, 0.25) is 0 Å². The summed E-state index contributed by atoms with van der Waals surface area (Å²) in [6.45, 7) is 0.428. The van der Waals surface area contributed by atoms with E-state index in [2.05, 4.69) is 20.6 Å². The van der Waals surface area contributed by atoms with Gasteiger partial charge in [0, 0.05) is 18.4 Å². The van der Waals surface area contributed by atoms with Gasteiger partial charge in [-0.1, -0.05) is 24.3 Å². The predicted octanol–water partition coefficient (Wildman–Crippen LogP) is 3.55. The zero-order chi connectivity index (χ0) is 19.9. The smallest absolute Gasteiger partial charge is 0.341 e. The molecule has 0 bridgehead atoms. The Morgan fingerprint density at radius 3 is 2.50 bits per heavy atom. The maximum Gasteiger partial charge on any atom is 0.341 e. The minimum absolute atomic E-state index is 0.0134. The van der Waals surface area contributed by atoms with E-state index >= 15 is 0 Å². The van der Waals surface area contributed by atoms with Crippen molar-refractivity contribution in [3.63, 3.8) is 0 Å². The average Bonchev–Trinajstić information content (AvgIpc) is 2.72. The third-order valence-corrected chi connectivity index (χ3v) is 3.95. The summed E-state index contributed by atoms with van der Waals surface area (Å²) in [5.41, 5.74) is 1.65. The molecule has 8 heteroatoms. The highest BCUT2D eigenvalue weighted by Crippen LogP contribution is 2.28. The Labute approximate surface area is 162 Å². The number of methoxy groups -OCH3 is 2. The quantitative estimate of drug-likeness (QED) is 0.545. The summed E-state index contributed by atoms with van der Waals surface area (Å²) in [4.78, 5) is 19.9. The van der Waals surface area contributed by atoms with Gasteiger partial charge in [-0.15, -0.1) is 0 Å². The monoisotopic (exact) mass is 380 g/mol. The molecule has 0 unspecified atom stereocenters. The summed E-state index contributed by atoms with van der Waals surface area (Å²) < 4.78 is 10.5. The van der Waals surface area contributed by atoms with Gasteiger partial charge in [0.1, 0.15) is 5.56 Å². The molecular weight excluding hydrogens is 360 g/mol. The second-order valence-electron chi connectivity index (χ2n) is 5.79. The fourth-order valence-corrected chi connectivity index (χ4v) is 2.55. The molecule has 0 spiro atoms. The number of anilines is 3. The maximum absolute atomic E-state index is 11.5. The highest BCUT2D eigenvalue weighted by molar-refractivity contribution is 5.93. The molecule has 0 fully saturated rings. The van der Waals surface area contributed by atoms with Crippen LogP contribution in [0.5, 0.6) is 11.5 Å². The summed E-state index contributed by atoms with van der Waals surface area (Å²) in [6, 6.07) is 14.8. The highest BCUT2D eigenvalue weighted by Gasteiger charge is 2.14. The lowest BCUT2D eigenvalue weighted by Crippen LogP contribution is -2.10. The van der Waals surface area contributed by atoms with Crippen LogP contribution in [-0.4, -0.2) is 35.3 Å². The molecule has 3 rings (SSSR count). The van der Waals surface area contributed by atoms with Crippen LogP contribution in [0.1, 0.15) is 15.9 Å². The normalized spacial score (nSPS) is 10.2. The van der Waals surface area contributed by atoms with Crippen LogP contribution in [0.15, 0.2) is 54.7 Å². The standard InChI is InChI=1S/C20H20N4O4/c1-27-16-9-8-13(10-17(16)28-2)11-21-20-22-12-15(19(25)26)18(24-20)23-14-6-4-3-5-7-14/h3-10,12H,11H2,1-2H3,(H,25,26)(H2,21,22,23,24). The highest BCUT2D eigenvalue weighted by atomic mass is 16.5. The lowest BCUT2D eigenvalue weighted by Gasteiger charge is -2.12. The van der Waals surface area contributed by atoms with E-state index < -0.39 is 5.97 Å². The summed E-state index contributed by atoms with van der Waals surface area (Å²) in [5, 5.41) is 15.5. The number of hydrogen-bond donors (Lipinski definition) is 3. The van der Waals surface area contributed by atoms with Crippen LogP contribution in [0.4, 0.5) is 17.5 Å². The predicted molar refractivity (Wildman–Crippen MR) is 106 cm³/mol. The Kier molecular flexibility index (Phi) is 5.91. The molecule has 0 radical (unpaired) electrons. The largest absolute Gasteiger partial charge is 0.493 e. The van der Waals surface area contributed by atoms with Gasteiger partial charge in [0.25, 0.3) is 0 Å². The van der Waals surface area contributed by atoms with Gasteiger partial charge in [0.05, 0.1) is 14.2 Å². The van der Waals surface area contributed by atoms with E-state index in [0.717, 1.165) is 11.3 Å². The van der Waals surface area contributed by atoms with Crippen molar-refractivity contribution >= 4 is 23.4 Å². The first-order valence-electron chi connectivity index (χ1n) is 8.48. The number of aromatic carboxylic acids is 1. The minimum atomic E-state index is -1.11. The zero-order valence-electron chi connectivity index (χ0n) is 15.5. The van der Waals surface area contributed by atoms with Crippen LogP contribution in [-0.2, 0) is 6.54 Å². The van der Waals surface area contributed by atoms with E-state index in [1.165, 1.54) is 6.20 Å². The topological polar surface area (TPSA) is 106 Å². The molecule has 2 aromatic carbocycles. The Morgan fingerprint density at radius 2 is 1.82 bits per heavy atom. The number of nitrogens with zero attached hydrogens (tertiary/aromatic N) is 2.